The molecule has 0 radical (unpaired) electrons. The topological polar surface area (TPSA) is 17.5 Å². The Kier molecular flexibility index (Phi) is 4.88. The second-order valence-electron chi connectivity index (χ2n) is 13.1. The van der Waals surface area contributed by atoms with E-state index in [1.54, 1.807) is 0 Å². The lowest BCUT2D eigenvalue weighted by molar-refractivity contribution is 0.670. The number of benzene rings is 8. The lowest BCUT2D eigenvalue weighted by Gasteiger charge is -2.31. The molecule has 11 rings (SSSR count). The summed E-state index contributed by atoms with van der Waals surface area (Å²) in [5.41, 5.74) is 14.0. The van der Waals surface area contributed by atoms with Crippen molar-refractivity contribution in [2.75, 3.05) is 0 Å². The van der Waals surface area contributed by atoms with Gasteiger partial charge >= 0.3 is 0 Å². The highest BCUT2D eigenvalue weighted by molar-refractivity contribution is 6.28. The van der Waals surface area contributed by atoms with E-state index in [2.05, 4.69) is 150 Å². The molecule has 0 fully saturated rings. The molecule has 2 aliphatic carbocycles. The molecule has 220 valence electrons. The van der Waals surface area contributed by atoms with Crippen LogP contribution in [0.5, 0.6) is 0 Å². The molecule has 2 aliphatic rings. The molecule has 0 saturated heterocycles. The fourth-order valence-electron chi connectivity index (χ4n) is 8.97. The maximum absolute atomic E-state index is 7.92. The lowest BCUT2D eigenvalue weighted by atomic mass is 9.70. The standard InChI is InChI=1S/C46H25NO/c1-47-30-20-22-36-35-21-18-29(25-40(35)46(41(36)26-30)38-16-8-6-14-33(38)34-15-7-9-17-39(34)46)37-24-28-11-3-5-13-32(28)44-43-31-12-4-2-10-27(31)19-23-42(43)48-45(37)44/h2-26H. The van der Waals surface area contributed by atoms with Gasteiger partial charge in [-0.1, -0.05) is 133 Å². The van der Waals surface area contributed by atoms with Crippen molar-refractivity contribution in [2.24, 2.45) is 0 Å². The number of nitrogens with zero attached hydrogens (tertiary/aromatic N) is 1. The summed E-state index contributed by atoms with van der Waals surface area (Å²) in [6, 6.07) is 54.6. The summed E-state index contributed by atoms with van der Waals surface area (Å²) in [5.74, 6) is 0. The van der Waals surface area contributed by atoms with Crippen molar-refractivity contribution in [3.8, 4) is 33.4 Å². The summed E-state index contributed by atoms with van der Waals surface area (Å²) in [5, 5.41) is 7.11. The Morgan fingerprint density at radius 2 is 1.06 bits per heavy atom. The Labute approximate surface area is 277 Å². The Bertz CT molecular complexity index is 2870. The second-order valence-corrected chi connectivity index (χ2v) is 13.1. The van der Waals surface area contributed by atoms with E-state index >= 15 is 0 Å². The molecule has 48 heavy (non-hydrogen) atoms. The molecule has 2 nitrogen and oxygen atoms in total. The molecule has 0 bridgehead atoms. The highest BCUT2D eigenvalue weighted by atomic mass is 16.3. The van der Waals surface area contributed by atoms with Gasteiger partial charge in [0.05, 0.1) is 12.0 Å². The highest BCUT2D eigenvalue weighted by Crippen LogP contribution is 2.63. The first-order valence-corrected chi connectivity index (χ1v) is 16.4. The van der Waals surface area contributed by atoms with Crippen molar-refractivity contribution < 1.29 is 4.42 Å². The Hall–Kier alpha value is -6.43. The molecule has 2 heteroatoms. The summed E-state index contributed by atoms with van der Waals surface area (Å²) >= 11 is 0. The quantitative estimate of drug-likeness (QED) is 0.170. The minimum absolute atomic E-state index is 0.533. The fraction of sp³-hybridized carbons (Fsp3) is 0.0217. The summed E-state index contributed by atoms with van der Waals surface area (Å²) < 4.78 is 6.86. The van der Waals surface area contributed by atoms with Gasteiger partial charge in [0.1, 0.15) is 11.2 Å². The minimum Gasteiger partial charge on any atom is -0.455 e. The van der Waals surface area contributed by atoms with Gasteiger partial charge < -0.3 is 4.42 Å². The van der Waals surface area contributed by atoms with Gasteiger partial charge in [-0.2, -0.15) is 0 Å². The largest absolute Gasteiger partial charge is 0.455 e. The average Bonchev–Trinajstić information content (AvgIpc) is 3.79. The van der Waals surface area contributed by atoms with E-state index in [4.69, 9.17) is 11.0 Å². The van der Waals surface area contributed by atoms with Gasteiger partial charge in [0.25, 0.3) is 0 Å². The third-order valence-corrected chi connectivity index (χ3v) is 10.9. The predicted molar refractivity (Wildman–Crippen MR) is 197 cm³/mol. The van der Waals surface area contributed by atoms with E-state index in [9.17, 15) is 0 Å². The summed E-state index contributed by atoms with van der Waals surface area (Å²) in [7, 11) is 0. The van der Waals surface area contributed by atoms with Gasteiger partial charge in [-0.15, -0.1) is 0 Å². The number of hydrogen-bond acceptors (Lipinski definition) is 1. The summed E-state index contributed by atoms with van der Waals surface area (Å²) in [6.45, 7) is 7.92. The van der Waals surface area contributed by atoms with Crippen molar-refractivity contribution >= 4 is 49.2 Å². The molecule has 1 heterocycles. The zero-order valence-electron chi connectivity index (χ0n) is 25.8. The first-order valence-electron chi connectivity index (χ1n) is 16.4. The van der Waals surface area contributed by atoms with Crippen LogP contribution in [0, 0.1) is 6.57 Å². The molecule has 1 spiro atoms. The number of furan rings is 1. The maximum Gasteiger partial charge on any atom is 0.187 e. The molecule has 0 saturated carbocycles. The molecule has 9 aromatic rings. The van der Waals surface area contributed by atoms with Gasteiger partial charge in [0.2, 0.25) is 0 Å². The van der Waals surface area contributed by atoms with Gasteiger partial charge in [-0.3, -0.25) is 0 Å². The summed E-state index contributed by atoms with van der Waals surface area (Å²) in [6.07, 6.45) is 0. The molecular formula is C46H25NO. The van der Waals surface area contributed by atoms with Crippen LogP contribution in [0.25, 0.3) is 81.7 Å². The minimum atomic E-state index is -0.533. The molecule has 0 atom stereocenters. The molecule has 0 aliphatic heterocycles. The molecule has 0 amide bonds. The summed E-state index contributed by atoms with van der Waals surface area (Å²) in [4.78, 5) is 3.89. The van der Waals surface area contributed by atoms with Crippen LogP contribution >= 0.6 is 0 Å². The monoisotopic (exact) mass is 607 g/mol. The third kappa shape index (κ3) is 3.07. The van der Waals surface area contributed by atoms with E-state index in [1.807, 2.05) is 6.07 Å². The average molecular weight is 608 g/mol. The predicted octanol–water partition coefficient (Wildman–Crippen LogP) is 12.5. The fourth-order valence-corrected chi connectivity index (χ4v) is 8.97. The van der Waals surface area contributed by atoms with Crippen LogP contribution in [-0.4, -0.2) is 0 Å². The van der Waals surface area contributed by atoms with Crippen LogP contribution < -0.4 is 0 Å². The number of rotatable bonds is 1. The van der Waals surface area contributed by atoms with Crippen LogP contribution in [0.3, 0.4) is 0 Å². The zero-order valence-corrected chi connectivity index (χ0v) is 25.8. The normalized spacial score (nSPS) is 13.6. The van der Waals surface area contributed by atoms with E-state index in [1.165, 1.54) is 66.1 Å². The van der Waals surface area contributed by atoms with Gasteiger partial charge in [-0.25, -0.2) is 4.85 Å². The van der Waals surface area contributed by atoms with E-state index < -0.39 is 5.41 Å². The molecule has 0 unspecified atom stereocenters. The van der Waals surface area contributed by atoms with Gasteiger partial charge in [0, 0.05) is 16.3 Å². The second kappa shape index (κ2) is 9.10. The Balaban J connectivity index is 1.27. The first-order chi connectivity index (χ1) is 23.8. The van der Waals surface area contributed by atoms with Crippen LogP contribution in [0.2, 0.25) is 0 Å². The van der Waals surface area contributed by atoms with Gasteiger partial charge in [0.15, 0.2) is 5.69 Å². The lowest BCUT2D eigenvalue weighted by Crippen LogP contribution is -2.25. The van der Waals surface area contributed by atoms with Crippen molar-refractivity contribution in [2.45, 2.75) is 5.41 Å². The van der Waals surface area contributed by atoms with Crippen molar-refractivity contribution in [1.82, 2.24) is 0 Å². The van der Waals surface area contributed by atoms with Crippen LogP contribution in [0.1, 0.15) is 22.3 Å². The number of fused-ring (bicyclic) bond motifs is 17. The highest BCUT2D eigenvalue weighted by Gasteiger charge is 2.51. The van der Waals surface area contributed by atoms with Crippen molar-refractivity contribution in [3.05, 3.63) is 185 Å². The van der Waals surface area contributed by atoms with E-state index in [0.29, 0.717) is 5.69 Å². The third-order valence-electron chi connectivity index (χ3n) is 10.9. The smallest absolute Gasteiger partial charge is 0.187 e. The van der Waals surface area contributed by atoms with Gasteiger partial charge in [-0.05, 0) is 89.8 Å². The molecule has 1 aromatic heterocycles. The Morgan fingerprint density at radius 3 is 1.81 bits per heavy atom. The van der Waals surface area contributed by atoms with Crippen LogP contribution in [0.15, 0.2) is 156 Å². The SMILES string of the molecule is [C-]#[N+]c1ccc2c(c1)C1(c3ccccc3-c3ccccc31)c1cc(-c3cc4ccccc4c4c3oc3ccc5ccccc5c34)ccc1-2. The van der Waals surface area contributed by atoms with Crippen molar-refractivity contribution in [3.63, 3.8) is 0 Å². The zero-order chi connectivity index (χ0) is 31.6. The van der Waals surface area contributed by atoms with E-state index in [0.717, 1.165) is 33.1 Å². The van der Waals surface area contributed by atoms with E-state index in [-0.39, 0.29) is 0 Å². The molecule has 0 N–H and O–H groups in total. The first kappa shape index (κ1) is 25.7. The van der Waals surface area contributed by atoms with Crippen LogP contribution in [-0.2, 0) is 5.41 Å². The number of hydrogen-bond donors (Lipinski definition) is 0. The van der Waals surface area contributed by atoms with Crippen molar-refractivity contribution in [1.29, 1.82) is 0 Å². The van der Waals surface area contributed by atoms with Crippen LogP contribution in [0.4, 0.5) is 5.69 Å². The Morgan fingerprint density at radius 1 is 0.458 bits per heavy atom. The maximum atomic E-state index is 7.92. The molecular weight excluding hydrogens is 583 g/mol. The molecule has 8 aromatic carbocycles.